The summed E-state index contributed by atoms with van der Waals surface area (Å²) in [6, 6.07) is 8.17. The number of hydrogen-bond acceptors (Lipinski definition) is 2. The van der Waals surface area contributed by atoms with Gasteiger partial charge in [0.15, 0.2) is 0 Å². The molecule has 1 unspecified atom stereocenters. The van der Waals surface area contributed by atoms with Crippen LogP contribution in [0.2, 0.25) is 0 Å². The van der Waals surface area contributed by atoms with Gasteiger partial charge in [0.1, 0.15) is 0 Å². The Balaban J connectivity index is 0.000000352. The number of nitrogens with one attached hydrogen (secondary N) is 2. The summed E-state index contributed by atoms with van der Waals surface area (Å²) < 4.78 is 0. The van der Waals surface area contributed by atoms with E-state index in [1.807, 2.05) is 13.8 Å². The quantitative estimate of drug-likeness (QED) is 0.790. The number of para-hydroxylation sites is 1. The van der Waals surface area contributed by atoms with Gasteiger partial charge in [-0.1, -0.05) is 32.0 Å². The maximum absolute atomic E-state index is 10.1. The van der Waals surface area contributed by atoms with Gasteiger partial charge in [-0.15, -0.1) is 0 Å². The Morgan fingerprint density at radius 2 is 1.80 bits per heavy atom. The number of likely N-dealkylation sites (N-methyl/N-ethyl adjacent to an activating group) is 1. The molecule has 0 aliphatic carbocycles. The Kier molecular flexibility index (Phi) is 8.32. The lowest BCUT2D eigenvalue weighted by Crippen LogP contribution is -2.36. The van der Waals surface area contributed by atoms with Gasteiger partial charge in [0, 0.05) is 16.6 Å². The van der Waals surface area contributed by atoms with Gasteiger partial charge in [-0.2, -0.15) is 0 Å². The minimum Gasteiger partial charge on any atom is -0.368 e. The van der Waals surface area contributed by atoms with Crippen LogP contribution in [0.4, 0.5) is 0 Å². The van der Waals surface area contributed by atoms with E-state index in [4.69, 9.17) is 5.73 Å². The lowest BCUT2D eigenvalue weighted by molar-refractivity contribution is -0.119. The molecule has 0 fully saturated rings. The largest absolute Gasteiger partial charge is 0.368 e. The summed E-state index contributed by atoms with van der Waals surface area (Å²) in [5, 5.41) is 4.03. The second-order valence-corrected chi connectivity index (χ2v) is 4.33. The van der Waals surface area contributed by atoms with Gasteiger partial charge in [-0.05, 0) is 39.4 Å². The van der Waals surface area contributed by atoms with Gasteiger partial charge in [-0.25, -0.2) is 0 Å². The van der Waals surface area contributed by atoms with E-state index >= 15 is 0 Å². The maximum Gasteiger partial charge on any atom is 0.234 e. The molecule has 0 bridgehead atoms. The third kappa shape index (κ3) is 5.05. The van der Waals surface area contributed by atoms with Crippen LogP contribution in [0.25, 0.3) is 10.9 Å². The predicted octanol–water partition coefficient (Wildman–Crippen LogP) is 2.89. The number of primary amides is 1. The highest BCUT2D eigenvalue weighted by Gasteiger charge is 2.01. The summed E-state index contributed by atoms with van der Waals surface area (Å²) >= 11 is 0. The first-order chi connectivity index (χ1) is 9.47. The monoisotopic (exact) mass is 277 g/mol. The van der Waals surface area contributed by atoms with Crippen LogP contribution < -0.4 is 11.1 Å². The van der Waals surface area contributed by atoms with E-state index < -0.39 is 0 Å². The highest BCUT2D eigenvalue weighted by Crippen LogP contribution is 2.19. The van der Waals surface area contributed by atoms with E-state index in [0.717, 1.165) is 0 Å². The number of nitrogens with two attached hydrogens (primary N) is 1. The van der Waals surface area contributed by atoms with Crippen LogP contribution in [0.5, 0.6) is 0 Å². The smallest absolute Gasteiger partial charge is 0.234 e. The summed E-state index contributed by atoms with van der Waals surface area (Å²) in [5.74, 6) is -0.317. The minimum absolute atomic E-state index is 0.208. The number of H-pyrrole nitrogens is 1. The third-order valence-corrected chi connectivity index (χ3v) is 3.08. The summed E-state index contributed by atoms with van der Waals surface area (Å²) in [6.45, 7) is 9.96. The molecule has 4 nitrogen and oxygen atoms in total. The number of hydrogen-bond donors (Lipinski definition) is 3. The Morgan fingerprint density at radius 1 is 1.25 bits per heavy atom. The number of benzene rings is 1. The molecule has 1 aromatic heterocycles. The van der Waals surface area contributed by atoms with Crippen LogP contribution in [0, 0.1) is 13.8 Å². The first kappa shape index (κ1) is 18.2. The lowest BCUT2D eigenvalue weighted by atomic mass is 10.2. The zero-order chi connectivity index (χ0) is 15.7. The second-order valence-electron chi connectivity index (χ2n) is 4.33. The van der Waals surface area contributed by atoms with E-state index in [2.05, 4.69) is 48.4 Å². The van der Waals surface area contributed by atoms with Crippen molar-refractivity contribution in [2.24, 2.45) is 5.73 Å². The molecular formula is C16H27N3O. The standard InChI is InChI=1S/C10H11N.C4H10N2O.C2H6/c1-7-8(2)11-10-6-4-3-5-9(7)10;1-3(6-2)4(5)7;1-2/h3-6,11H,1-2H3;3,6H,1-2H3,(H2,5,7);1-2H3. The van der Waals surface area contributed by atoms with Crippen molar-refractivity contribution in [2.45, 2.75) is 40.7 Å². The zero-order valence-electron chi connectivity index (χ0n) is 13.4. The lowest BCUT2D eigenvalue weighted by Gasteiger charge is -2.01. The number of rotatable bonds is 2. The molecule has 0 spiro atoms. The van der Waals surface area contributed by atoms with Gasteiger partial charge in [0.05, 0.1) is 6.04 Å². The van der Waals surface area contributed by atoms with E-state index in [0.29, 0.717) is 0 Å². The summed E-state index contributed by atoms with van der Waals surface area (Å²) in [7, 11) is 1.69. The molecule has 112 valence electrons. The number of aromatic amines is 1. The molecule has 2 aromatic rings. The Bertz CT molecular complexity index is 532. The molecule has 1 heterocycles. The molecule has 0 aliphatic rings. The minimum atomic E-state index is -0.317. The first-order valence-corrected chi connectivity index (χ1v) is 6.97. The van der Waals surface area contributed by atoms with Crippen LogP contribution in [-0.4, -0.2) is 24.0 Å². The fourth-order valence-corrected chi connectivity index (χ4v) is 1.56. The molecule has 1 amide bonds. The molecule has 0 radical (unpaired) electrons. The van der Waals surface area contributed by atoms with Crippen molar-refractivity contribution in [3.8, 4) is 0 Å². The van der Waals surface area contributed by atoms with Gasteiger partial charge < -0.3 is 16.0 Å². The summed E-state index contributed by atoms with van der Waals surface area (Å²) in [5.41, 5.74) is 8.71. The van der Waals surface area contributed by atoms with Gasteiger partial charge >= 0.3 is 0 Å². The summed E-state index contributed by atoms with van der Waals surface area (Å²) in [4.78, 5) is 13.4. The van der Waals surface area contributed by atoms with Crippen molar-refractivity contribution in [1.29, 1.82) is 0 Å². The van der Waals surface area contributed by atoms with Crippen molar-refractivity contribution in [2.75, 3.05) is 7.05 Å². The average Bonchev–Trinajstić information content (AvgIpc) is 2.76. The molecule has 0 aliphatic heterocycles. The zero-order valence-corrected chi connectivity index (χ0v) is 13.4. The fourth-order valence-electron chi connectivity index (χ4n) is 1.56. The third-order valence-electron chi connectivity index (χ3n) is 3.08. The topological polar surface area (TPSA) is 70.9 Å². The van der Waals surface area contributed by atoms with Crippen molar-refractivity contribution >= 4 is 16.8 Å². The Labute approximate surface area is 121 Å². The molecule has 0 saturated heterocycles. The maximum atomic E-state index is 10.1. The van der Waals surface area contributed by atoms with Crippen molar-refractivity contribution in [3.63, 3.8) is 0 Å². The van der Waals surface area contributed by atoms with Crippen molar-refractivity contribution < 1.29 is 4.79 Å². The van der Waals surface area contributed by atoms with E-state index in [1.165, 1.54) is 22.2 Å². The fraction of sp³-hybridized carbons (Fsp3) is 0.438. The molecule has 1 atom stereocenters. The highest BCUT2D eigenvalue weighted by atomic mass is 16.1. The number of fused-ring (bicyclic) bond motifs is 1. The molecule has 4 heteroatoms. The number of aryl methyl sites for hydroxylation is 2. The van der Waals surface area contributed by atoms with E-state index in [9.17, 15) is 4.79 Å². The van der Waals surface area contributed by atoms with Crippen LogP contribution in [0.3, 0.4) is 0 Å². The van der Waals surface area contributed by atoms with Crippen molar-refractivity contribution in [1.82, 2.24) is 10.3 Å². The van der Waals surface area contributed by atoms with Crippen LogP contribution >= 0.6 is 0 Å². The van der Waals surface area contributed by atoms with Gasteiger partial charge in [0.25, 0.3) is 0 Å². The molecule has 2 rings (SSSR count). The number of carbonyl (C=O) groups excluding carboxylic acids is 1. The number of carbonyl (C=O) groups is 1. The van der Waals surface area contributed by atoms with Crippen LogP contribution in [0.1, 0.15) is 32.0 Å². The van der Waals surface area contributed by atoms with Gasteiger partial charge in [0.2, 0.25) is 5.91 Å². The van der Waals surface area contributed by atoms with Crippen LogP contribution in [-0.2, 0) is 4.79 Å². The second kappa shape index (κ2) is 9.15. The average molecular weight is 277 g/mol. The molecule has 4 N–H and O–H groups in total. The summed E-state index contributed by atoms with van der Waals surface area (Å²) in [6.07, 6.45) is 0. The number of aromatic nitrogens is 1. The Hall–Kier alpha value is -1.81. The van der Waals surface area contributed by atoms with Crippen LogP contribution in [0.15, 0.2) is 24.3 Å². The van der Waals surface area contributed by atoms with Crippen molar-refractivity contribution in [3.05, 3.63) is 35.5 Å². The molecular weight excluding hydrogens is 250 g/mol. The molecule has 1 aromatic carbocycles. The normalized spacial score (nSPS) is 10.9. The Morgan fingerprint density at radius 3 is 2.20 bits per heavy atom. The SMILES string of the molecule is CC.CNC(C)C(N)=O.Cc1[nH]c2ccccc2c1C. The predicted molar refractivity (Wildman–Crippen MR) is 86.8 cm³/mol. The van der Waals surface area contributed by atoms with Gasteiger partial charge in [-0.3, -0.25) is 4.79 Å². The first-order valence-electron chi connectivity index (χ1n) is 6.97. The van der Waals surface area contributed by atoms with E-state index in [-0.39, 0.29) is 11.9 Å². The van der Waals surface area contributed by atoms with E-state index in [1.54, 1.807) is 14.0 Å². The number of amides is 1. The highest BCUT2D eigenvalue weighted by molar-refractivity contribution is 5.84. The molecule has 0 saturated carbocycles. The molecule has 20 heavy (non-hydrogen) atoms.